The first-order chi connectivity index (χ1) is 8.40. The van der Waals surface area contributed by atoms with E-state index < -0.39 is 6.10 Å². The Kier molecular flexibility index (Phi) is 3.22. The van der Waals surface area contributed by atoms with E-state index in [1.54, 1.807) is 24.6 Å². The highest BCUT2D eigenvalue weighted by atomic mass is 19.1. The van der Waals surface area contributed by atoms with Crippen LogP contribution in [-0.2, 0) is 0 Å². The third-order valence-corrected chi connectivity index (χ3v) is 3.00. The fourth-order valence-electron chi connectivity index (χ4n) is 2.07. The second kappa shape index (κ2) is 4.53. The van der Waals surface area contributed by atoms with Crippen LogP contribution in [-0.4, -0.2) is 14.9 Å². The molecule has 0 unspecified atom stereocenters. The lowest BCUT2D eigenvalue weighted by molar-refractivity contribution is 0.198. The van der Waals surface area contributed by atoms with Gasteiger partial charge in [0.25, 0.3) is 0 Å². The fraction of sp³-hybridized carbons (Fsp3) is 0.357. The van der Waals surface area contributed by atoms with Gasteiger partial charge in [0.2, 0.25) is 0 Å². The van der Waals surface area contributed by atoms with Crippen molar-refractivity contribution < 1.29 is 9.50 Å². The molecule has 3 nitrogen and oxygen atoms in total. The molecule has 0 aliphatic carbocycles. The summed E-state index contributed by atoms with van der Waals surface area (Å²) in [6, 6.07) is 5.05. The van der Waals surface area contributed by atoms with Crippen LogP contribution in [0, 0.1) is 26.6 Å². The Hall–Kier alpha value is -1.68. The molecule has 1 N–H and O–H groups in total. The van der Waals surface area contributed by atoms with E-state index in [4.69, 9.17) is 0 Å². The summed E-state index contributed by atoms with van der Waals surface area (Å²) in [6.45, 7) is 7.17. The summed E-state index contributed by atoms with van der Waals surface area (Å²) in [6.07, 6.45) is -0.737. The molecule has 96 valence electrons. The van der Waals surface area contributed by atoms with Crippen LogP contribution in [0.2, 0.25) is 0 Å². The molecule has 2 rings (SSSR count). The van der Waals surface area contributed by atoms with Gasteiger partial charge in [-0.2, -0.15) is 5.10 Å². The summed E-state index contributed by atoms with van der Waals surface area (Å²) in [5.41, 5.74) is 3.67. The molecule has 2 aromatic rings. The number of hydrogen-bond donors (Lipinski definition) is 1. The Balaban J connectivity index is 2.69. The average molecular weight is 248 g/mol. The molecule has 0 fully saturated rings. The van der Waals surface area contributed by atoms with Crippen molar-refractivity contribution in [2.24, 2.45) is 0 Å². The molecule has 1 heterocycles. The zero-order valence-electron chi connectivity index (χ0n) is 11.0. The molecule has 1 atom stereocenters. The van der Waals surface area contributed by atoms with Gasteiger partial charge in [0.05, 0.1) is 17.5 Å². The van der Waals surface area contributed by atoms with Gasteiger partial charge in [-0.15, -0.1) is 0 Å². The highest BCUT2D eigenvalue weighted by molar-refractivity contribution is 5.46. The molecule has 0 aliphatic heterocycles. The summed E-state index contributed by atoms with van der Waals surface area (Å²) in [7, 11) is 0. The second-order valence-corrected chi connectivity index (χ2v) is 4.68. The minimum absolute atomic E-state index is 0.309. The molecule has 0 saturated carbocycles. The zero-order valence-corrected chi connectivity index (χ0v) is 11.0. The van der Waals surface area contributed by atoms with Crippen LogP contribution >= 0.6 is 0 Å². The topological polar surface area (TPSA) is 38.0 Å². The van der Waals surface area contributed by atoms with Gasteiger partial charge in [0.15, 0.2) is 0 Å². The molecule has 0 radical (unpaired) electrons. The summed E-state index contributed by atoms with van der Waals surface area (Å²) in [4.78, 5) is 0. The molecule has 0 aliphatic rings. The molecular formula is C14H17FN2O. The first-order valence-electron chi connectivity index (χ1n) is 5.92. The lowest BCUT2D eigenvalue weighted by Crippen LogP contribution is -2.07. The number of halogens is 1. The standard InChI is InChI=1S/C14H17FN2O/c1-8-5-14(12(11(4)18)7-13(8)15)17-10(3)6-9(2)16-17/h5-7,11,18H,1-4H3/t11-/m1/s1. The minimum Gasteiger partial charge on any atom is -0.389 e. The van der Waals surface area contributed by atoms with Crippen LogP contribution in [0.3, 0.4) is 0 Å². The highest BCUT2D eigenvalue weighted by Crippen LogP contribution is 2.25. The van der Waals surface area contributed by atoms with Crippen LogP contribution < -0.4 is 0 Å². The third kappa shape index (κ3) is 2.16. The molecule has 0 saturated heterocycles. The molecule has 0 bridgehead atoms. The number of benzene rings is 1. The smallest absolute Gasteiger partial charge is 0.126 e. The largest absolute Gasteiger partial charge is 0.389 e. The minimum atomic E-state index is -0.737. The van der Waals surface area contributed by atoms with Crippen molar-refractivity contribution in [3.8, 4) is 5.69 Å². The van der Waals surface area contributed by atoms with Crippen molar-refractivity contribution in [2.75, 3.05) is 0 Å². The Morgan fingerprint density at radius 1 is 1.22 bits per heavy atom. The molecule has 1 aromatic heterocycles. The SMILES string of the molecule is Cc1cc(C)n(-c2cc(C)c(F)cc2[C@@H](C)O)n1. The van der Waals surface area contributed by atoms with Gasteiger partial charge in [0.1, 0.15) is 5.82 Å². The van der Waals surface area contributed by atoms with E-state index in [2.05, 4.69) is 5.10 Å². The van der Waals surface area contributed by atoms with Gasteiger partial charge < -0.3 is 5.11 Å². The summed E-state index contributed by atoms with van der Waals surface area (Å²) >= 11 is 0. The third-order valence-electron chi connectivity index (χ3n) is 3.00. The summed E-state index contributed by atoms with van der Waals surface area (Å²) in [5, 5.41) is 14.1. The Morgan fingerprint density at radius 2 is 1.89 bits per heavy atom. The van der Waals surface area contributed by atoms with Crippen LogP contribution in [0.4, 0.5) is 4.39 Å². The molecule has 0 spiro atoms. The van der Waals surface area contributed by atoms with E-state index >= 15 is 0 Å². The Morgan fingerprint density at radius 3 is 2.39 bits per heavy atom. The van der Waals surface area contributed by atoms with Crippen LogP contribution in [0.15, 0.2) is 18.2 Å². The van der Waals surface area contributed by atoms with Crippen molar-refractivity contribution in [1.29, 1.82) is 0 Å². The predicted molar refractivity (Wildman–Crippen MR) is 68.4 cm³/mol. The lowest BCUT2D eigenvalue weighted by atomic mass is 10.0. The molecule has 18 heavy (non-hydrogen) atoms. The first-order valence-corrected chi connectivity index (χ1v) is 5.92. The van der Waals surface area contributed by atoms with Crippen molar-refractivity contribution >= 4 is 0 Å². The predicted octanol–water partition coefficient (Wildman–Crippen LogP) is 2.99. The van der Waals surface area contributed by atoms with Crippen molar-refractivity contribution in [3.05, 3.63) is 46.5 Å². The van der Waals surface area contributed by atoms with E-state index in [9.17, 15) is 9.50 Å². The van der Waals surface area contributed by atoms with Gasteiger partial charge in [-0.1, -0.05) is 0 Å². The number of aliphatic hydroxyl groups excluding tert-OH is 1. The quantitative estimate of drug-likeness (QED) is 0.887. The number of aromatic nitrogens is 2. The number of hydrogen-bond acceptors (Lipinski definition) is 2. The van der Waals surface area contributed by atoms with Crippen LogP contribution in [0.5, 0.6) is 0 Å². The van der Waals surface area contributed by atoms with Gasteiger partial charge >= 0.3 is 0 Å². The van der Waals surface area contributed by atoms with Gasteiger partial charge in [0, 0.05) is 11.3 Å². The number of nitrogens with zero attached hydrogens (tertiary/aromatic N) is 2. The Labute approximate surface area is 106 Å². The van der Waals surface area contributed by atoms with E-state index in [0.717, 1.165) is 17.1 Å². The second-order valence-electron chi connectivity index (χ2n) is 4.68. The van der Waals surface area contributed by atoms with Crippen LogP contribution in [0.25, 0.3) is 5.69 Å². The number of rotatable bonds is 2. The maximum Gasteiger partial charge on any atom is 0.126 e. The van der Waals surface area contributed by atoms with Crippen molar-refractivity contribution in [3.63, 3.8) is 0 Å². The molecule has 0 amide bonds. The first kappa shape index (κ1) is 12.8. The normalized spacial score (nSPS) is 12.8. The van der Waals surface area contributed by atoms with Gasteiger partial charge in [-0.05, 0) is 51.5 Å². The van der Waals surface area contributed by atoms with E-state index in [-0.39, 0.29) is 5.82 Å². The number of aliphatic hydroxyl groups is 1. The fourth-order valence-corrected chi connectivity index (χ4v) is 2.07. The molecule has 1 aromatic carbocycles. The van der Waals surface area contributed by atoms with Gasteiger partial charge in [-0.3, -0.25) is 0 Å². The summed E-state index contributed by atoms with van der Waals surface area (Å²) in [5.74, 6) is -0.309. The molecular weight excluding hydrogens is 231 g/mol. The highest BCUT2D eigenvalue weighted by Gasteiger charge is 2.15. The summed E-state index contributed by atoms with van der Waals surface area (Å²) < 4.78 is 15.3. The van der Waals surface area contributed by atoms with Gasteiger partial charge in [-0.25, -0.2) is 9.07 Å². The number of aryl methyl sites for hydroxylation is 3. The van der Waals surface area contributed by atoms with E-state index in [1.807, 2.05) is 19.9 Å². The van der Waals surface area contributed by atoms with Crippen molar-refractivity contribution in [2.45, 2.75) is 33.8 Å². The maximum absolute atomic E-state index is 13.6. The Bertz CT molecular complexity index is 588. The van der Waals surface area contributed by atoms with E-state index in [1.165, 1.54) is 6.07 Å². The average Bonchev–Trinajstić information content (AvgIpc) is 2.61. The monoisotopic (exact) mass is 248 g/mol. The maximum atomic E-state index is 13.6. The van der Waals surface area contributed by atoms with E-state index in [0.29, 0.717) is 11.1 Å². The van der Waals surface area contributed by atoms with Crippen molar-refractivity contribution in [1.82, 2.24) is 9.78 Å². The lowest BCUT2D eigenvalue weighted by Gasteiger charge is -2.15. The molecule has 4 heteroatoms. The van der Waals surface area contributed by atoms with Crippen LogP contribution in [0.1, 0.15) is 35.5 Å². The zero-order chi connectivity index (χ0) is 13.4.